The Morgan fingerprint density at radius 1 is 1.67 bits per heavy atom. The first-order valence-corrected chi connectivity index (χ1v) is 4.62. The zero-order chi connectivity index (χ0) is 9.14. The number of aromatic nitrogens is 1. The van der Waals surface area contributed by atoms with Crippen LogP contribution in [0.15, 0.2) is 17.2 Å². The van der Waals surface area contributed by atoms with E-state index in [1.807, 2.05) is 13.2 Å². The van der Waals surface area contributed by atoms with Crippen molar-refractivity contribution in [2.45, 2.75) is 11.8 Å². The van der Waals surface area contributed by atoms with E-state index in [-0.39, 0.29) is 5.69 Å². The molecule has 0 aliphatic carbocycles. The van der Waals surface area contributed by atoms with Gasteiger partial charge in [-0.2, -0.15) is 0 Å². The molecule has 1 rings (SSSR count). The number of aryl methyl sites for hydroxylation is 1. The average molecular weight is 183 g/mol. The number of rotatable bonds is 2. The molecule has 1 aromatic rings. The summed E-state index contributed by atoms with van der Waals surface area (Å²) in [6.07, 6.45) is 3.36. The molecule has 1 N–H and O–H groups in total. The lowest BCUT2D eigenvalue weighted by molar-refractivity contribution is 0.0686. The molecule has 12 heavy (non-hydrogen) atoms. The van der Waals surface area contributed by atoms with Crippen molar-refractivity contribution in [2.75, 3.05) is 6.26 Å². The minimum absolute atomic E-state index is 0.141. The Hall–Kier alpha value is -1.03. The van der Waals surface area contributed by atoms with Crippen LogP contribution in [0, 0.1) is 6.92 Å². The zero-order valence-electron chi connectivity index (χ0n) is 6.87. The van der Waals surface area contributed by atoms with E-state index in [1.165, 1.54) is 18.0 Å². The van der Waals surface area contributed by atoms with E-state index in [9.17, 15) is 4.79 Å². The molecule has 0 atom stereocenters. The third-order valence-electron chi connectivity index (χ3n) is 1.51. The molecule has 4 heteroatoms. The standard InChI is InChI=1S/C8H9NO2S/c1-5-3-4-9-6(8(10)11)7(5)12-2/h3-4H,1-2H3,(H,10,11). The van der Waals surface area contributed by atoms with Crippen LogP contribution in [0.25, 0.3) is 0 Å². The van der Waals surface area contributed by atoms with Crippen LogP contribution in [0.1, 0.15) is 16.1 Å². The maximum atomic E-state index is 10.7. The smallest absolute Gasteiger partial charge is 0.355 e. The Labute approximate surface area is 74.8 Å². The van der Waals surface area contributed by atoms with E-state index >= 15 is 0 Å². The van der Waals surface area contributed by atoms with Gasteiger partial charge in [0.25, 0.3) is 0 Å². The number of aromatic carboxylic acids is 1. The number of carbonyl (C=O) groups is 1. The number of hydrogen-bond donors (Lipinski definition) is 1. The van der Waals surface area contributed by atoms with Crippen LogP contribution in [0.3, 0.4) is 0 Å². The maximum absolute atomic E-state index is 10.7. The van der Waals surface area contributed by atoms with Crippen molar-refractivity contribution < 1.29 is 9.90 Å². The van der Waals surface area contributed by atoms with Gasteiger partial charge in [0.15, 0.2) is 5.69 Å². The molecule has 0 saturated heterocycles. The Balaban J connectivity index is 3.27. The van der Waals surface area contributed by atoms with Gasteiger partial charge in [-0.05, 0) is 24.8 Å². The number of carboxylic acids is 1. The van der Waals surface area contributed by atoms with E-state index in [1.54, 1.807) is 6.07 Å². The lowest BCUT2D eigenvalue weighted by atomic mass is 10.2. The summed E-state index contributed by atoms with van der Waals surface area (Å²) in [6, 6.07) is 1.80. The van der Waals surface area contributed by atoms with Crippen molar-refractivity contribution in [2.24, 2.45) is 0 Å². The highest BCUT2D eigenvalue weighted by atomic mass is 32.2. The second-order valence-corrected chi connectivity index (χ2v) is 3.13. The maximum Gasteiger partial charge on any atom is 0.355 e. The lowest BCUT2D eigenvalue weighted by Gasteiger charge is -2.03. The quantitative estimate of drug-likeness (QED) is 0.710. The van der Waals surface area contributed by atoms with Crippen molar-refractivity contribution in [3.8, 4) is 0 Å². The number of nitrogens with zero attached hydrogens (tertiary/aromatic N) is 1. The third-order valence-corrected chi connectivity index (χ3v) is 2.43. The molecule has 0 aliphatic heterocycles. The fourth-order valence-corrected chi connectivity index (χ4v) is 1.68. The molecular formula is C8H9NO2S. The molecule has 1 heterocycles. The van der Waals surface area contributed by atoms with Crippen LogP contribution in [0.5, 0.6) is 0 Å². The van der Waals surface area contributed by atoms with Crippen molar-refractivity contribution in [1.82, 2.24) is 4.98 Å². The summed E-state index contributed by atoms with van der Waals surface area (Å²) >= 11 is 1.41. The number of carboxylic acid groups (broad SMARTS) is 1. The van der Waals surface area contributed by atoms with E-state index in [4.69, 9.17) is 5.11 Å². The number of pyridine rings is 1. The normalized spacial score (nSPS) is 9.83. The first-order chi connectivity index (χ1) is 5.66. The minimum atomic E-state index is -0.969. The van der Waals surface area contributed by atoms with Crippen molar-refractivity contribution in [3.63, 3.8) is 0 Å². The second-order valence-electron chi connectivity index (χ2n) is 2.31. The average Bonchev–Trinajstić information content (AvgIpc) is 2.03. The molecule has 0 saturated carbocycles. The van der Waals surface area contributed by atoms with E-state index < -0.39 is 5.97 Å². The minimum Gasteiger partial charge on any atom is -0.476 e. The van der Waals surface area contributed by atoms with Gasteiger partial charge in [0.05, 0.1) is 0 Å². The van der Waals surface area contributed by atoms with Crippen LogP contribution >= 0.6 is 11.8 Å². The first kappa shape index (κ1) is 9.06. The Morgan fingerprint density at radius 2 is 2.33 bits per heavy atom. The van der Waals surface area contributed by atoms with Crippen molar-refractivity contribution in [3.05, 3.63) is 23.5 Å². The SMILES string of the molecule is CSc1c(C)ccnc1C(=O)O. The van der Waals surface area contributed by atoms with Crippen LogP contribution in [0.2, 0.25) is 0 Å². The monoisotopic (exact) mass is 183 g/mol. The highest BCUT2D eigenvalue weighted by Gasteiger charge is 2.11. The molecule has 0 aromatic carbocycles. The molecule has 0 aliphatic rings. The van der Waals surface area contributed by atoms with E-state index in [0.717, 1.165) is 10.5 Å². The van der Waals surface area contributed by atoms with E-state index in [2.05, 4.69) is 4.98 Å². The summed E-state index contributed by atoms with van der Waals surface area (Å²) in [5.74, 6) is -0.969. The highest BCUT2D eigenvalue weighted by Crippen LogP contribution is 2.22. The second kappa shape index (κ2) is 3.58. The number of thioether (sulfide) groups is 1. The Morgan fingerprint density at radius 3 is 2.75 bits per heavy atom. The molecule has 0 radical (unpaired) electrons. The van der Waals surface area contributed by atoms with E-state index in [0.29, 0.717) is 0 Å². The van der Waals surface area contributed by atoms with Gasteiger partial charge in [-0.25, -0.2) is 9.78 Å². The summed E-state index contributed by atoms with van der Waals surface area (Å²) in [7, 11) is 0. The number of hydrogen-bond acceptors (Lipinski definition) is 3. The molecule has 0 fully saturated rings. The van der Waals surface area contributed by atoms with Gasteiger partial charge < -0.3 is 5.11 Å². The molecule has 64 valence electrons. The Kier molecular flexibility index (Phi) is 2.70. The van der Waals surface area contributed by atoms with Gasteiger partial charge >= 0.3 is 5.97 Å². The molecular weight excluding hydrogens is 174 g/mol. The van der Waals surface area contributed by atoms with Gasteiger partial charge in [0.1, 0.15) is 0 Å². The third kappa shape index (κ3) is 1.58. The molecule has 3 nitrogen and oxygen atoms in total. The van der Waals surface area contributed by atoms with Gasteiger partial charge in [0, 0.05) is 11.1 Å². The summed E-state index contributed by atoms with van der Waals surface area (Å²) in [6.45, 7) is 1.87. The molecule has 0 bridgehead atoms. The molecule has 0 spiro atoms. The molecule has 0 amide bonds. The summed E-state index contributed by atoms with van der Waals surface area (Å²) in [5.41, 5.74) is 1.09. The summed E-state index contributed by atoms with van der Waals surface area (Å²) in [4.78, 5) is 15.2. The summed E-state index contributed by atoms with van der Waals surface area (Å²) in [5, 5.41) is 8.75. The van der Waals surface area contributed by atoms with Crippen LogP contribution in [0.4, 0.5) is 0 Å². The highest BCUT2D eigenvalue weighted by molar-refractivity contribution is 7.98. The molecule has 0 unspecified atom stereocenters. The van der Waals surface area contributed by atoms with Crippen molar-refractivity contribution >= 4 is 17.7 Å². The topological polar surface area (TPSA) is 50.2 Å². The predicted molar refractivity (Wildman–Crippen MR) is 47.7 cm³/mol. The van der Waals surface area contributed by atoms with Gasteiger partial charge in [-0.3, -0.25) is 0 Å². The van der Waals surface area contributed by atoms with Crippen LogP contribution in [-0.4, -0.2) is 22.3 Å². The van der Waals surface area contributed by atoms with Crippen LogP contribution in [-0.2, 0) is 0 Å². The largest absolute Gasteiger partial charge is 0.476 e. The predicted octanol–water partition coefficient (Wildman–Crippen LogP) is 1.81. The fraction of sp³-hybridized carbons (Fsp3) is 0.250. The van der Waals surface area contributed by atoms with Crippen molar-refractivity contribution in [1.29, 1.82) is 0 Å². The van der Waals surface area contributed by atoms with Crippen LogP contribution < -0.4 is 0 Å². The fourth-order valence-electron chi connectivity index (χ4n) is 0.955. The Bertz CT molecular complexity index is 312. The van der Waals surface area contributed by atoms with Gasteiger partial charge in [0.2, 0.25) is 0 Å². The van der Waals surface area contributed by atoms with Gasteiger partial charge in [-0.15, -0.1) is 11.8 Å². The molecule has 1 aromatic heterocycles. The van der Waals surface area contributed by atoms with Gasteiger partial charge in [-0.1, -0.05) is 0 Å². The summed E-state index contributed by atoms with van der Waals surface area (Å²) < 4.78 is 0. The zero-order valence-corrected chi connectivity index (χ0v) is 7.68. The first-order valence-electron chi connectivity index (χ1n) is 3.39. The lowest BCUT2D eigenvalue weighted by Crippen LogP contribution is -2.03.